The maximum Gasteiger partial charge on any atom is 0.335 e. The molecule has 0 aromatic heterocycles. The van der Waals surface area contributed by atoms with Crippen molar-refractivity contribution in [3.8, 4) is 5.75 Å². The van der Waals surface area contributed by atoms with E-state index in [9.17, 15) is 9.90 Å². The molecule has 0 spiro atoms. The highest BCUT2D eigenvalue weighted by atomic mass is 79.9. The predicted molar refractivity (Wildman–Crippen MR) is 100 cm³/mol. The van der Waals surface area contributed by atoms with Crippen LogP contribution >= 0.6 is 15.9 Å². The van der Waals surface area contributed by atoms with Gasteiger partial charge in [-0.2, -0.15) is 0 Å². The number of hydrogen-bond acceptors (Lipinski definition) is 3. The van der Waals surface area contributed by atoms with E-state index >= 15 is 0 Å². The minimum atomic E-state index is -0.892. The highest BCUT2D eigenvalue weighted by Crippen LogP contribution is 2.51. The second-order valence-electron chi connectivity index (χ2n) is 6.47. The first-order valence-electron chi connectivity index (χ1n) is 8.22. The Bertz CT molecular complexity index is 877. The van der Waals surface area contributed by atoms with Crippen LogP contribution in [0.3, 0.4) is 0 Å². The molecule has 1 heterocycles. The van der Waals surface area contributed by atoms with Crippen molar-refractivity contribution in [2.45, 2.75) is 18.4 Å². The van der Waals surface area contributed by atoms with Crippen molar-refractivity contribution in [3.63, 3.8) is 0 Å². The molecule has 0 radical (unpaired) electrons. The zero-order valence-electron chi connectivity index (χ0n) is 13.7. The summed E-state index contributed by atoms with van der Waals surface area (Å²) in [5.74, 6) is 0.512. The van der Waals surface area contributed by atoms with Gasteiger partial charge in [0.05, 0.1) is 18.7 Å². The SMILES string of the molecule is COc1ccc(Br)cc1[C@H]1Nc2ccc(C(=O)O)cc2[C@H]2C=CC[C@@H]21. The first-order valence-corrected chi connectivity index (χ1v) is 9.01. The number of benzene rings is 2. The molecule has 3 atom stereocenters. The number of aromatic carboxylic acids is 1. The molecule has 0 saturated carbocycles. The number of anilines is 1. The molecule has 5 heteroatoms. The number of carboxylic acids is 1. The summed E-state index contributed by atoms with van der Waals surface area (Å²) in [5, 5.41) is 12.9. The van der Waals surface area contributed by atoms with Crippen molar-refractivity contribution < 1.29 is 14.6 Å². The van der Waals surface area contributed by atoms with E-state index < -0.39 is 5.97 Å². The van der Waals surface area contributed by atoms with Gasteiger partial charge in [0, 0.05) is 21.6 Å². The van der Waals surface area contributed by atoms with Gasteiger partial charge >= 0.3 is 5.97 Å². The summed E-state index contributed by atoms with van der Waals surface area (Å²) in [6.07, 6.45) is 5.35. The summed E-state index contributed by atoms with van der Waals surface area (Å²) >= 11 is 3.56. The molecule has 2 aromatic rings. The third-order valence-corrected chi connectivity index (χ3v) is 5.63. The van der Waals surface area contributed by atoms with Gasteiger partial charge in [0.1, 0.15) is 5.75 Å². The van der Waals surface area contributed by atoms with E-state index in [2.05, 4.69) is 39.5 Å². The molecule has 0 saturated heterocycles. The van der Waals surface area contributed by atoms with Crippen molar-refractivity contribution in [3.05, 3.63) is 69.7 Å². The second-order valence-corrected chi connectivity index (χ2v) is 7.38. The molecule has 0 amide bonds. The zero-order chi connectivity index (χ0) is 17.6. The van der Waals surface area contributed by atoms with Crippen LogP contribution in [0.4, 0.5) is 5.69 Å². The van der Waals surface area contributed by atoms with Crippen molar-refractivity contribution in [2.24, 2.45) is 5.92 Å². The maximum absolute atomic E-state index is 11.3. The minimum absolute atomic E-state index is 0.107. The molecule has 25 heavy (non-hydrogen) atoms. The van der Waals surface area contributed by atoms with Crippen molar-refractivity contribution in [1.82, 2.24) is 0 Å². The number of nitrogens with one attached hydrogen (secondary N) is 1. The van der Waals surface area contributed by atoms with E-state index in [0.29, 0.717) is 11.5 Å². The number of fused-ring (bicyclic) bond motifs is 3. The van der Waals surface area contributed by atoms with Crippen LogP contribution in [0.25, 0.3) is 0 Å². The van der Waals surface area contributed by atoms with Gasteiger partial charge in [-0.1, -0.05) is 28.1 Å². The summed E-state index contributed by atoms with van der Waals surface area (Å²) in [4.78, 5) is 11.3. The fourth-order valence-corrected chi connectivity index (χ4v) is 4.36. The van der Waals surface area contributed by atoms with Crippen LogP contribution in [-0.2, 0) is 0 Å². The van der Waals surface area contributed by atoms with Crippen molar-refractivity contribution >= 4 is 27.6 Å². The summed E-state index contributed by atoms with van der Waals surface area (Å²) < 4.78 is 6.60. The van der Waals surface area contributed by atoms with Crippen LogP contribution in [0.2, 0.25) is 0 Å². The van der Waals surface area contributed by atoms with E-state index in [1.54, 1.807) is 19.2 Å². The van der Waals surface area contributed by atoms with Crippen molar-refractivity contribution in [1.29, 1.82) is 0 Å². The third-order valence-electron chi connectivity index (χ3n) is 5.14. The number of carbonyl (C=O) groups is 1. The standard InChI is InChI=1S/C20H18BrNO3/c1-25-18-8-6-12(21)10-16(18)19-14-4-2-3-13(14)15-9-11(20(23)24)5-7-17(15)22-19/h2-3,5-10,13-14,19,22H,4H2,1H3,(H,23,24)/t13-,14-,19-/m0/s1. The average Bonchev–Trinajstić information content (AvgIpc) is 3.10. The Kier molecular flexibility index (Phi) is 4.04. The molecule has 0 unspecified atom stereocenters. The number of halogens is 1. The molecule has 1 aliphatic carbocycles. The Morgan fingerprint density at radius 2 is 2.08 bits per heavy atom. The second kappa shape index (κ2) is 6.23. The first-order chi connectivity index (χ1) is 12.1. The number of rotatable bonds is 3. The summed E-state index contributed by atoms with van der Waals surface area (Å²) in [7, 11) is 1.69. The van der Waals surface area contributed by atoms with Crippen LogP contribution in [0.15, 0.2) is 53.0 Å². The Morgan fingerprint density at radius 1 is 1.24 bits per heavy atom. The Balaban J connectivity index is 1.81. The fourth-order valence-electron chi connectivity index (χ4n) is 3.98. The highest BCUT2D eigenvalue weighted by molar-refractivity contribution is 9.10. The minimum Gasteiger partial charge on any atom is -0.496 e. The fraction of sp³-hybridized carbons (Fsp3) is 0.250. The molecule has 2 aromatic carbocycles. The number of allylic oxidation sites excluding steroid dienone is 2. The lowest BCUT2D eigenvalue weighted by atomic mass is 9.76. The van der Waals surface area contributed by atoms with E-state index in [1.165, 1.54) is 0 Å². The van der Waals surface area contributed by atoms with Gasteiger partial charge in [0.2, 0.25) is 0 Å². The van der Waals surface area contributed by atoms with Crippen LogP contribution < -0.4 is 10.1 Å². The van der Waals surface area contributed by atoms with Gasteiger partial charge in [-0.05, 0) is 54.3 Å². The van der Waals surface area contributed by atoms with E-state index in [1.807, 2.05) is 18.2 Å². The molecule has 4 nitrogen and oxygen atoms in total. The molecule has 1 aliphatic heterocycles. The number of methoxy groups -OCH3 is 1. The van der Waals surface area contributed by atoms with Crippen LogP contribution in [0.5, 0.6) is 5.75 Å². The lowest BCUT2D eigenvalue weighted by Gasteiger charge is -2.38. The largest absolute Gasteiger partial charge is 0.496 e. The van der Waals surface area contributed by atoms with Crippen molar-refractivity contribution in [2.75, 3.05) is 12.4 Å². The maximum atomic E-state index is 11.3. The molecule has 128 valence electrons. The topological polar surface area (TPSA) is 58.6 Å². The van der Waals surface area contributed by atoms with Gasteiger partial charge < -0.3 is 15.2 Å². The predicted octanol–water partition coefficient (Wildman–Crippen LogP) is 4.98. The Labute approximate surface area is 154 Å². The lowest BCUT2D eigenvalue weighted by molar-refractivity contribution is 0.0696. The van der Waals surface area contributed by atoms with Crippen LogP contribution in [0, 0.1) is 5.92 Å². The summed E-state index contributed by atoms with van der Waals surface area (Å²) in [5.41, 5.74) is 3.50. The quantitative estimate of drug-likeness (QED) is 0.714. The third kappa shape index (κ3) is 2.72. The smallest absolute Gasteiger partial charge is 0.335 e. The van der Waals surface area contributed by atoms with Crippen LogP contribution in [0.1, 0.15) is 39.9 Å². The van der Waals surface area contributed by atoms with E-state index in [0.717, 1.165) is 33.5 Å². The number of ether oxygens (including phenoxy) is 1. The van der Waals surface area contributed by atoms with E-state index in [4.69, 9.17) is 4.74 Å². The highest BCUT2D eigenvalue weighted by Gasteiger charge is 2.39. The van der Waals surface area contributed by atoms with Gasteiger partial charge in [-0.3, -0.25) is 0 Å². The van der Waals surface area contributed by atoms with Gasteiger partial charge in [0.25, 0.3) is 0 Å². The lowest BCUT2D eigenvalue weighted by Crippen LogP contribution is -2.29. The molecular formula is C20H18BrNO3. The van der Waals surface area contributed by atoms with E-state index in [-0.39, 0.29) is 12.0 Å². The Hall–Kier alpha value is -2.27. The Morgan fingerprint density at radius 3 is 2.84 bits per heavy atom. The van der Waals surface area contributed by atoms with Crippen LogP contribution in [-0.4, -0.2) is 18.2 Å². The number of carboxylic acid groups (broad SMARTS) is 1. The normalized spacial score (nSPS) is 23.5. The molecule has 4 rings (SSSR count). The molecule has 2 N–H and O–H groups in total. The molecule has 0 bridgehead atoms. The molecule has 0 fully saturated rings. The molecular weight excluding hydrogens is 382 g/mol. The summed E-state index contributed by atoms with van der Waals surface area (Å²) in [6, 6.07) is 11.5. The number of hydrogen-bond donors (Lipinski definition) is 2. The average molecular weight is 400 g/mol. The molecule has 2 aliphatic rings. The van der Waals surface area contributed by atoms with Gasteiger partial charge in [-0.25, -0.2) is 4.79 Å². The monoisotopic (exact) mass is 399 g/mol. The first kappa shape index (κ1) is 16.2. The van der Waals surface area contributed by atoms with Gasteiger partial charge in [0.15, 0.2) is 0 Å². The van der Waals surface area contributed by atoms with Gasteiger partial charge in [-0.15, -0.1) is 0 Å². The summed E-state index contributed by atoms with van der Waals surface area (Å²) in [6.45, 7) is 0. The zero-order valence-corrected chi connectivity index (χ0v) is 15.3.